The summed E-state index contributed by atoms with van der Waals surface area (Å²) in [5.41, 5.74) is 0.982. The number of ketones is 1. The molecule has 0 spiro atoms. The zero-order valence-electron chi connectivity index (χ0n) is 13.8. The van der Waals surface area contributed by atoms with E-state index in [0.717, 1.165) is 0 Å². The maximum atomic E-state index is 14.0. The van der Waals surface area contributed by atoms with Gasteiger partial charge >= 0.3 is 0 Å². The number of benzene rings is 2. The summed E-state index contributed by atoms with van der Waals surface area (Å²) in [7, 11) is 1.62. The number of hydrogen-bond acceptors (Lipinski definition) is 3. The maximum absolute atomic E-state index is 14.0. The SMILES string of the molecule is Cc1nn(C)c(NC(=O)c2ccccc2)c1C(=O)c1ccccc1F. The lowest BCUT2D eigenvalue weighted by Gasteiger charge is -2.09. The molecular formula is C19H16FN3O2. The Morgan fingerprint density at radius 3 is 2.36 bits per heavy atom. The third kappa shape index (κ3) is 3.19. The van der Waals surface area contributed by atoms with Gasteiger partial charge in [0.05, 0.1) is 16.8 Å². The van der Waals surface area contributed by atoms with Gasteiger partial charge in [0.1, 0.15) is 11.6 Å². The van der Waals surface area contributed by atoms with Crippen LogP contribution in [0.5, 0.6) is 0 Å². The third-order valence-electron chi connectivity index (χ3n) is 3.84. The van der Waals surface area contributed by atoms with Crippen LogP contribution in [-0.4, -0.2) is 21.5 Å². The number of anilines is 1. The van der Waals surface area contributed by atoms with Crippen LogP contribution in [0.1, 0.15) is 32.0 Å². The first kappa shape index (κ1) is 16.6. The topological polar surface area (TPSA) is 64.0 Å². The van der Waals surface area contributed by atoms with E-state index in [1.54, 1.807) is 50.4 Å². The first-order valence-electron chi connectivity index (χ1n) is 7.68. The zero-order chi connectivity index (χ0) is 18.0. The molecule has 0 unspecified atom stereocenters. The Morgan fingerprint density at radius 1 is 1.04 bits per heavy atom. The summed E-state index contributed by atoms with van der Waals surface area (Å²) in [6, 6.07) is 14.4. The van der Waals surface area contributed by atoms with Gasteiger partial charge in [-0.05, 0) is 31.2 Å². The van der Waals surface area contributed by atoms with Crippen LogP contribution in [0, 0.1) is 12.7 Å². The van der Waals surface area contributed by atoms with Crippen molar-refractivity contribution in [1.29, 1.82) is 0 Å². The van der Waals surface area contributed by atoms with E-state index in [-0.39, 0.29) is 22.9 Å². The van der Waals surface area contributed by atoms with E-state index >= 15 is 0 Å². The van der Waals surface area contributed by atoms with Crippen LogP contribution in [0.4, 0.5) is 10.2 Å². The Balaban J connectivity index is 2.00. The largest absolute Gasteiger partial charge is 0.306 e. The van der Waals surface area contributed by atoms with Crippen molar-refractivity contribution in [2.24, 2.45) is 7.05 Å². The van der Waals surface area contributed by atoms with E-state index in [2.05, 4.69) is 10.4 Å². The van der Waals surface area contributed by atoms with Crippen LogP contribution in [0.2, 0.25) is 0 Å². The number of carbonyl (C=O) groups excluding carboxylic acids is 2. The summed E-state index contributed by atoms with van der Waals surface area (Å²) in [5, 5.41) is 6.90. The number of nitrogens with zero attached hydrogens (tertiary/aromatic N) is 2. The summed E-state index contributed by atoms with van der Waals surface area (Å²) < 4.78 is 15.4. The summed E-state index contributed by atoms with van der Waals surface area (Å²) in [4.78, 5) is 25.2. The Bertz CT molecular complexity index is 949. The second-order valence-corrected chi connectivity index (χ2v) is 5.56. The van der Waals surface area contributed by atoms with Crippen molar-refractivity contribution < 1.29 is 14.0 Å². The number of amides is 1. The molecule has 6 heteroatoms. The van der Waals surface area contributed by atoms with Crippen LogP contribution in [-0.2, 0) is 7.05 Å². The summed E-state index contributed by atoms with van der Waals surface area (Å²) >= 11 is 0. The average molecular weight is 337 g/mol. The van der Waals surface area contributed by atoms with E-state index in [0.29, 0.717) is 11.3 Å². The maximum Gasteiger partial charge on any atom is 0.256 e. The lowest BCUT2D eigenvalue weighted by molar-refractivity contribution is 0.102. The fourth-order valence-electron chi connectivity index (χ4n) is 2.62. The average Bonchev–Trinajstić information content (AvgIpc) is 2.89. The molecule has 0 aliphatic heterocycles. The summed E-state index contributed by atoms with van der Waals surface area (Å²) in [5.74, 6) is -1.27. The van der Waals surface area contributed by atoms with Crippen molar-refractivity contribution in [2.75, 3.05) is 5.32 Å². The normalized spacial score (nSPS) is 10.5. The van der Waals surface area contributed by atoms with Crippen molar-refractivity contribution in [1.82, 2.24) is 9.78 Å². The first-order chi connectivity index (χ1) is 12.0. The van der Waals surface area contributed by atoms with E-state index < -0.39 is 11.6 Å². The predicted octanol–water partition coefficient (Wildman–Crippen LogP) is 3.35. The molecule has 2 aromatic carbocycles. The summed E-state index contributed by atoms with van der Waals surface area (Å²) in [6.45, 7) is 1.65. The second kappa shape index (κ2) is 6.68. The zero-order valence-corrected chi connectivity index (χ0v) is 13.8. The molecule has 3 rings (SSSR count). The molecule has 0 atom stereocenters. The molecule has 3 aromatic rings. The quantitative estimate of drug-likeness (QED) is 0.743. The molecular weight excluding hydrogens is 321 g/mol. The number of halogens is 1. The van der Waals surface area contributed by atoms with E-state index in [1.165, 1.54) is 22.9 Å². The van der Waals surface area contributed by atoms with Gasteiger partial charge in [0.15, 0.2) is 0 Å². The molecule has 0 bridgehead atoms. The van der Waals surface area contributed by atoms with Crippen LogP contribution >= 0.6 is 0 Å². The van der Waals surface area contributed by atoms with E-state index in [4.69, 9.17) is 0 Å². The van der Waals surface area contributed by atoms with Gasteiger partial charge in [0.25, 0.3) is 5.91 Å². The number of rotatable bonds is 4. The van der Waals surface area contributed by atoms with Crippen molar-refractivity contribution >= 4 is 17.5 Å². The predicted molar refractivity (Wildman–Crippen MR) is 92.2 cm³/mol. The van der Waals surface area contributed by atoms with Crippen LogP contribution in [0.15, 0.2) is 54.6 Å². The third-order valence-corrected chi connectivity index (χ3v) is 3.84. The molecule has 5 nitrogen and oxygen atoms in total. The fourth-order valence-corrected chi connectivity index (χ4v) is 2.62. The molecule has 1 heterocycles. The second-order valence-electron chi connectivity index (χ2n) is 5.56. The molecule has 0 saturated heterocycles. The monoisotopic (exact) mass is 337 g/mol. The van der Waals surface area contributed by atoms with Gasteiger partial charge < -0.3 is 5.32 Å². The standard InChI is InChI=1S/C19H16FN3O2/c1-12-16(17(24)14-10-6-7-11-15(14)20)18(23(2)22-12)21-19(25)13-8-4-3-5-9-13/h3-11H,1-2H3,(H,21,25). The highest BCUT2D eigenvalue weighted by atomic mass is 19.1. The molecule has 0 radical (unpaired) electrons. The molecule has 1 aromatic heterocycles. The highest BCUT2D eigenvalue weighted by Crippen LogP contribution is 2.24. The first-order valence-corrected chi connectivity index (χ1v) is 7.68. The van der Waals surface area contributed by atoms with Gasteiger partial charge in [-0.2, -0.15) is 5.10 Å². The minimum atomic E-state index is -0.615. The number of aryl methyl sites for hydroxylation is 2. The van der Waals surface area contributed by atoms with Crippen molar-refractivity contribution in [2.45, 2.75) is 6.92 Å². The summed E-state index contributed by atoms with van der Waals surface area (Å²) in [6.07, 6.45) is 0. The smallest absolute Gasteiger partial charge is 0.256 e. The highest BCUT2D eigenvalue weighted by molar-refractivity contribution is 6.15. The number of nitrogens with one attached hydrogen (secondary N) is 1. The number of hydrogen-bond donors (Lipinski definition) is 1. The van der Waals surface area contributed by atoms with Gasteiger partial charge in [0.2, 0.25) is 5.78 Å². The molecule has 0 saturated carbocycles. The van der Waals surface area contributed by atoms with Gasteiger partial charge in [-0.1, -0.05) is 30.3 Å². The lowest BCUT2D eigenvalue weighted by Crippen LogP contribution is -2.17. The highest BCUT2D eigenvalue weighted by Gasteiger charge is 2.25. The van der Waals surface area contributed by atoms with Crippen LogP contribution in [0.3, 0.4) is 0 Å². The van der Waals surface area contributed by atoms with Crippen molar-refractivity contribution in [3.05, 3.63) is 82.8 Å². The number of carbonyl (C=O) groups is 2. The van der Waals surface area contributed by atoms with Gasteiger partial charge in [-0.25, -0.2) is 4.39 Å². The van der Waals surface area contributed by atoms with Gasteiger partial charge in [-0.3, -0.25) is 14.3 Å². The Hall–Kier alpha value is -3.28. The molecule has 126 valence electrons. The van der Waals surface area contributed by atoms with Crippen LogP contribution < -0.4 is 5.32 Å². The van der Waals surface area contributed by atoms with Crippen LogP contribution in [0.25, 0.3) is 0 Å². The molecule has 1 N–H and O–H groups in total. The van der Waals surface area contributed by atoms with E-state index in [1.807, 2.05) is 0 Å². The fraction of sp³-hybridized carbons (Fsp3) is 0.105. The lowest BCUT2D eigenvalue weighted by atomic mass is 10.0. The van der Waals surface area contributed by atoms with Crippen molar-refractivity contribution in [3.8, 4) is 0 Å². The Labute approximate surface area is 144 Å². The minimum Gasteiger partial charge on any atom is -0.306 e. The number of aromatic nitrogens is 2. The minimum absolute atomic E-state index is 0.0613. The molecule has 0 aliphatic carbocycles. The van der Waals surface area contributed by atoms with E-state index in [9.17, 15) is 14.0 Å². The Morgan fingerprint density at radius 2 is 1.68 bits per heavy atom. The molecule has 1 amide bonds. The Kier molecular flexibility index (Phi) is 4.43. The van der Waals surface area contributed by atoms with Gasteiger partial charge in [0, 0.05) is 12.6 Å². The van der Waals surface area contributed by atoms with Crippen molar-refractivity contribution in [3.63, 3.8) is 0 Å². The molecule has 25 heavy (non-hydrogen) atoms. The van der Waals surface area contributed by atoms with Gasteiger partial charge in [-0.15, -0.1) is 0 Å². The molecule has 0 fully saturated rings. The molecule has 0 aliphatic rings.